The normalized spacial score (nSPS) is 11.1. The van der Waals surface area contributed by atoms with Crippen molar-refractivity contribution in [3.63, 3.8) is 0 Å². The van der Waals surface area contributed by atoms with Crippen LogP contribution in [-0.4, -0.2) is 22.6 Å². The zero-order valence-electron chi connectivity index (χ0n) is 15.8. The lowest BCUT2D eigenvalue weighted by molar-refractivity contribution is 0.0955. The number of ether oxygens (including phenoxy) is 1. The van der Waals surface area contributed by atoms with Gasteiger partial charge in [0.2, 0.25) is 0 Å². The van der Waals surface area contributed by atoms with Gasteiger partial charge in [0, 0.05) is 37.1 Å². The number of hydrogen-bond donors (Lipinski definition) is 1. The fraction of sp³-hybridized carbons (Fsp3) is 0.182. The molecule has 142 valence electrons. The molecule has 0 saturated carbocycles. The van der Waals surface area contributed by atoms with E-state index < -0.39 is 0 Å². The highest BCUT2D eigenvalue weighted by Gasteiger charge is 2.23. The van der Waals surface area contributed by atoms with Gasteiger partial charge in [-0.25, -0.2) is 4.98 Å². The summed E-state index contributed by atoms with van der Waals surface area (Å²) in [6.45, 7) is 2.91. The van der Waals surface area contributed by atoms with Gasteiger partial charge in [0.15, 0.2) is 0 Å². The molecular weight excluding hydrogens is 370 g/mol. The first-order valence-corrected chi connectivity index (χ1v) is 9.86. The molecule has 28 heavy (non-hydrogen) atoms. The molecule has 0 aliphatic rings. The van der Waals surface area contributed by atoms with Crippen LogP contribution in [-0.2, 0) is 17.9 Å². The second-order valence-electron chi connectivity index (χ2n) is 6.57. The van der Waals surface area contributed by atoms with Crippen LogP contribution >= 0.6 is 11.3 Å². The number of hydrogen-bond acceptors (Lipinski definition) is 4. The van der Waals surface area contributed by atoms with Crippen molar-refractivity contribution in [1.82, 2.24) is 14.9 Å². The zero-order valence-corrected chi connectivity index (χ0v) is 16.6. The second kappa shape index (κ2) is 7.96. The Kier molecular flexibility index (Phi) is 5.23. The maximum absolute atomic E-state index is 13.1. The summed E-state index contributed by atoms with van der Waals surface area (Å²) >= 11 is 1.42. The third kappa shape index (κ3) is 3.56. The summed E-state index contributed by atoms with van der Waals surface area (Å²) in [6.07, 6.45) is 3.90. The van der Waals surface area contributed by atoms with Crippen molar-refractivity contribution >= 4 is 27.5 Å². The van der Waals surface area contributed by atoms with E-state index in [1.165, 1.54) is 11.3 Å². The SMILES string of the molecule is COCc1cc(C)nc2sc(C(=O)NCc3ccccc3)c(-n3cccc3)c12. The van der Waals surface area contributed by atoms with E-state index in [9.17, 15) is 4.79 Å². The van der Waals surface area contributed by atoms with Gasteiger partial charge in [-0.2, -0.15) is 0 Å². The molecule has 0 radical (unpaired) electrons. The Morgan fingerprint density at radius 3 is 2.64 bits per heavy atom. The van der Waals surface area contributed by atoms with E-state index in [0.717, 1.165) is 32.7 Å². The Bertz CT molecular complexity index is 1100. The quantitative estimate of drug-likeness (QED) is 0.527. The van der Waals surface area contributed by atoms with E-state index in [-0.39, 0.29) is 5.91 Å². The summed E-state index contributed by atoms with van der Waals surface area (Å²) in [7, 11) is 1.68. The average Bonchev–Trinajstić information content (AvgIpc) is 3.34. The number of pyridine rings is 1. The summed E-state index contributed by atoms with van der Waals surface area (Å²) in [6, 6.07) is 15.8. The van der Waals surface area contributed by atoms with Crippen molar-refractivity contribution in [2.45, 2.75) is 20.1 Å². The topological polar surface area (TPSA) is 56.1 Å². The van der Waals surface area contributed by atoms with Crippen LogP contribution in [0.1, 0.15) is 26.5 Å². The Morgan fingerprint density at radius 2 is 1.93 bits per heavy atom. The van der Waals surface area contributed by atoms with Gasteiger partial charge in [-0.1, -0.05) is 30.3 Å². The summed E-state index contributed by atoms with van der Waals surface area (Å²) in [4.78, 5) is 19.3. The second-order valence-corrected chi connectivity index (χ2v) is 7.57. The van der Waals surface area contributed by atoms with E-state index in [1.807, 2.05) is 72.4 Å². The molecule has 1 aromatic carbocycles. The lowest BCUT2D eigenvalue weighted by atomic mass is 10.1. The molecule has 0 atom stereocenters. The Morgan fingerprint density at radius 1 is 1.18 bits per heavy atom. The van der Waals surface area contributed by atoms with Crippen LogP contribution in [0.25, 0.3) is 15.9 Å². The number of methoxy groups -OCH3 is 1. The maximum atomic E-state index is 13.1. The monoisotopic (exact) mass is 391 g/mol. The van der Waals surface area contributed by atoms with Crippen molar-refractivity contribution < 1.29 is 9.53 Å². The van der Waals surface area contributed by atoms with Gasteiger partial charge in [-0.05, 0) is 36.2 Å². The first-order chi connectivity index (χ1) is 13.7. The predicted molar refractivity (Wildman–Crippen MR) is 112 cm³/mol. The molecule has 0 spiro atoms. The van der Waals surface area contributed by atoms with Crippen LogP contribution < -0.4 is 5.32 Å². The van der Waals surface area contributed by atoms with Crippen molar-refractivity contribution in [2.24, 2.45) is 0 Å². The molecule has 5 nitrogen and oxygen atoms in total. The molecule has 3 aromatic heterocycles. The number of carbonyl (C=O) groups excluding carboxylic acids is 1. The highest BCUT2D eigenvalue weighted by molar-refractivity contribution is 7.21. The highest BCUT2D eigenvalue weighted by atomic mass is 32.1. The summed E-state index contributed by atoms with van der Waals surface area (Å²) in [5, 5.41) is 4.01. The Hall–Kier alpha value is -2.96. The number of aryl methyl sites for hydroxylation is 1. The molecule has 0 unspecified atom stereocenters. The molecule has 3 heterocycles. The fourth-order valence-electron chi connectivity index (χ4n) is 3.31. The third-order valence-corrected chi connectivity index (χ3v) is 5.58. The number of amides is 1. The number of nitrogens with one attached hydrogen (secondary N) is 1. The molecule has 1 amide bonds. The average molecular weight is 391 g/mol. The van der Waals surface area contributed by atoms with Gasteiger partial charge in [0.25, 0.3) is 5.91 Å². The minimum atomic E-state index is -0.100. The van der Waals surface area contributed by atoms with E-state index >= 15 is 0 Å². The standard InChI is InChI=1S/C22H21N3O2S/c1-15-12-17(14-27-2)18-19(25-10-6-7-11-25)20(28-22(18)24-15)21(26)23-13-16-8-4-3-5-9-16/h3-12H,13-14H2,1-2H3,(H,23,26). The molecule has 6 heteroatoms. The minimum Gasteiger partial charge on any atom is -0.380 e. The van der Waals surface area contributed by atoms with E-state index in [4.69, 9.17) is 4.74 Å². The molecule has 0 bridgehead atoms. The van der Waals surface area contributed by atoms with Gasteiger partial charge < -0.3 is 14.6 Å². The van der Waals surface area contributed by atoms with Crippen LogP contribution in [0.15, 0.2) is 60.9 Å². The smallest absolute Gasteiger partial charge is 0.263 e. The van der Waals surface area contributed by atoms with Crippen molar-refractivity contribution in [1.29, 1.82) is 0 Å². The van der Waals surface area contributed by atoms with E-state index in [1.54, 1.807) is 7.11 Å². The number of fused-ring (bicyclic) bond motifs is 1. The van der Waals surface area contributed by atoms with Gasteiger partial charge in [-0.3, -0.25) is 4.79 Å². The van der Waals surface area contributed by atoms with Crippen LogP contribution in [0.4, 0.5) is 0 Å². The van der Waals surface area contributed by atoms with Crippen molar-refractivity contribution in [2.75, 3.05) is 7.11 Å². The molecule has 0 aliphatic heterocycles. The van der Waals surface area contributed by atoms with E-state index in [2.05, 4.69) is 10.3 Å². The number of thiophene rings is 1. The van der Waals surface area contributed by atoms with Crippen molar-refractivity contribution in [3.05, 3.63) is 82.6 Å². The highest BCUT2D eigenvalue weighted by Crippen LogP contribution is 2.36. The lowest BCUT2D eigenvalue weighted by Crippen LogP contribution is -2.23. The van der Waals surface area contributed by atoms with Gasteiger partial charge >= 0.3 is 0 Å². The predicted octanol–water partition coefficient (Wildman–Crippen LogP) is 4.47. The lowest BCUT2D eigenvalue weighted by Gasteiger charge is -2.10. The summed E-state index contributed by atoms with van der Waals surface area (Å²) in [5.74, 6) is -0.100. The minimum absolute atomic E-state index is 0.100. The molecule has 1 N–H and O–H groups in total. The first-order valence-electron chi connectivity index (χ1n) is 9.05. The number of benzene rings is 1. The molecule has 4 aromatic rings. The summed E-state index contributed by atoms with van der Waals surface area (Å²) < 4.78 is 7.38. The molecule has 0 aliphatic carbocycles. The van der Waals surface area contributed by atoms with E-state index in [0.29, 0.717) is 18.0 Å². The number of rotatable bonds is 6. The third-order valence-electron chi connectivity index (χ3n) is 4.51. The van der Waals surface area contributed by atoms with Crippen LogP contribution in [0.3, 0.4) is 0 Å². The number of aromatic nitrogens is 2. The first kappa shape index (κ1) is 18.4. The molecule has 0 fully saturated rings. The largest absolute Gasteiger partial charge is 0.380 e. The van der Waals surface area contributed by atoms with Crippen molar-refractivity contribution in [3.8, 4) is 5.69 Å². The maximum Gasteiger partial charge on any atom is 0.263 e. The molecule has 4 rings (SSSR count). The number of carbonyl (C=O) groups is 1. The molecular formula is C22H21N3O2S. The summed E-state index contributed by atoms with van der Waals surface area (Å²) in [5.41, 5.74) is 3.87. The zero-order chi connectivity index (χ0) is 19.5. The molecule has 0 saturated heterocycles. The number of nitrogens with zero attached hydrogens (tertiary/aromatic N) is 2. The van der Waals surface area contributed by atoms with Crippen LogP contribution in [0, 0.1) is 6.92 Å². The van der Waals surface area contributed by atoms with Gasteiger partial charge in [0.1, 0.15) is 9.71 Å². The van der Waals surface area contributed by atoms with Gasteiger partial charge in [-0.15, -0.1) is 11.3 Å². The van der Waals surface area contributed by atoms with Gasteiger partial charge in [0.05, 0.1) is 12.3 Å². The Balaban J connectivity index is 1.80. The fourth-order valence-corrected chi connectivity index (χ4v) is 4.49. The Labute approximate surface area is 167 Å². The van der Waals surface area contributed by atoms with Crippen LogP contribution in [0.5, 0.6) is 0 Å². The van der Waals surface area contributed by atoms with Crippen LogP contribution in [0.2, 0.25) is 0 Å².